The van der Waals surface area contributed by atoms with Gasteiger partial charge in [0.2, 0.25) is 0 Å². The lowest BCUT2D eigenvalue weighted by Crippen LogP contribution is -2.15. The summed E-state index contributed by atoms with van der Waals surface area (Å²) in [4.78, 5) is 11.2. The second-order valence-corrected chi connectivity index (χ2v) is 5.82. The number of sulfonamides is 1. The quantitative estimate of drug-likeness (QED) is 0.641. The highest BCUT2D eigenvalue weighted by atomic mass is 32.2. The molecule has 1 aromatic heterocycles. The highest BCUT2D eigenvalue weighted by molar-refractivity contribution is 7.92. The van der Waals surface area contributed by atoms with Crippen LogP contribution in [0, 0.1) is 6.92 Å². The minimum atomic E-state index is -3.93. The number of ether oxygens (including phenoxy) is 1. The Hall–Kier alpha value is -2.55. The molecule has 0 radical (unpaired) electrons. The maximum absolute atomic E-state index is 12.2. The van der Waals surface area contributed by atoms with Crippen LogP contribution >= 0.6 is 0 Å². The van der Waals surface area contributed by atoms with E-state index in [0.717, 1.165) is 0 Å². The van der Waals surface area contributed by atoms with Crippen LogP contribution in [0.25, 0.3) is 0 Å². The molecule has 0 aliphatic rings. The fraction of sp³-hybridized carbons (Fsp3) is 0.167. The predicted octanol–water partition coefficient (Wildman–Crippen LogP) is 1.15. The van der Waals surface area contributed by atoms with Gasteiger partial charge in [-0.15, -0.1) is 0 Å². The van der Waals surface area contributed by atoms with Crippen molar-refractivity contribution in [2.45, 2.75) is 11.8 Å². The first-order valence-corrected chi connectivity index (χ1v) is 7.26. The van der Waals surface area contributed by atoms with Crippen molar-refractivity contribution in [3.8, 4) is 0 Å². The number of carbonyl (C=O) groups excluding carboxylic acids is 1. The van der Waals surface area contributed by atoms with E-state index >= 15 is 0 Å². The van der Waals surface area contributed by atoms with Crippen LogP contribution in [0.1, 0.15) is 16.1 Å². The fourth-order valence-electron chi connectivity index (χ4n) is 1.65. The van der Waals surface area contributed by atoms with Gasteiger partial charge in [0.25, 0.3) is 10.0 Å². The molecule has 8 nitrogen and oxygen atoms in total. The first kappa shape index (κ1) is 14.9. The van der Waals surface area contributed by atoms with E-state index < -0.39 is 16.0 Å². The van der Waals surface area contributed by atoms with Crippen LogP contribution in [0.4, 0.5) is 11.5 Å². The maximum Gasteiger partial charge on any atom is 0.337 e. The van der Waals surface area contributed by atoms with Crippen molar-refractivity contribution in [1.29, 1.82) is 0 Å². The lowest BCUT2D eigenvalue weighted by atomic mass is 10.2. The molecule has 0 amide bonds. The van der Waals surface area contributed by atoms with Crippen LogP contribution < -0.4 is 10.5 Å². The molecule has 2 rings (SSSR count). The topological polar surface area (TPSA) is 125 Å². The molecule has 0 bridgehead atoms. The minimum Gasteiger partial charge on any atom is -0.465 e. The number of aryl methyl sites for hydroxylation is 1. The second kappa shape index (κ2) is 5.44. The van der Waals surface area contributed by atoms with Crippen LogP contribution in [0.15, 0.2) is 33.7 Å². The standard InChI is InChI=1S/C12H13N3O5S/c1-7-5-11(14-20-7)15-21(17,18)10-4-3-8(6-9(10)13)12(16)19-2/h3-6H,13H2,1-2H3,(H,14,15). The number of benzene rings is 1. The van der Waals surface area contributed by atoms with Gasteiger partial charge >= 0.3 is 5.97 Å². The first-order chi connectivity index (χ1) is 9.83. The number of nitrogen functional groups attached to an aromatic ring is 1. The molecule has 0 spiro atoms. The Morgan fingerprint density at radius 1 is 1.38 bits per heavy atom. The number of nitrogens with two attached hydrogens (primary N) is 1. The van der Waals surface area contributed by atoms with Crippen molar-refractivity contribution < 1.29 is 22.5 Å². The highest BCUT2D eigenvalue weighted by Crippen LogP contribution is 2.23. The molecule has 0 saturated carbocycles. The van der Waals surface area contributed by atoms with E-state index in [1.165, 1.54) is 31.4 Å². The SMILES string of the molecule is COC(=O)c1ccc(S(=O)(=O)Nc2cc(C)on2)c(N)c1. The molecular formula is C12H13N3O5S. The van der Waals surface area contributed by atoms with Crippen LogP contribution in [0.5, 0.6) is 0 Å². The largest absolute Gasteiger partial charge is 0.465 e. The average Bonchev–Trinajstić information content (AvgIpc) is 2.81. The van der Waals surface area contributed by atoms with E-state index in [2.05, 4.69) is 14.6 Å². The Morgan fingerprint density at radius 3 is 2.62 bits per heavy atom. The van der Waals surface area contributed by atoms with Gasteiger partial charge < -0.3 is 15.0 Å². The van der Waals surface area contributed by atoms with Gasteiger partial charge in [0.15, 0.2) is 5.82 Å². The Morgan fingerprint density at radius 2 is 2.10 bits per heavy atom. The zero-order valence-electron chi connectivity index (χ0n) is 11.3. The van der Waals surface area contributed by atoms with E-state index in [-0.39, 0.29) is 22.0 Å². The van der Waals surface area contributed by atoms with Gasteiger partial charge in [-0.05, 0) is 25.1 Å². The third-order valence-electron chi connectivity index (χ3n) is 2.59. The summed E-state index contributed by atoms with van der Waals surface area (Å²) in [5, 5.41) is 3.53. The van der Waals surface area contributed by atoms with Gasteiger partial charge in [0.1, 0.15) is 10.7 Å². The van der Waals surface area contributed by atoms with Crippen LogP contribution in [0.2, 0.25) is 0 Å². The zero-order valence-corrected chi connectivity index (χ0v) is 12.1. The molecule has 1 heterocycles. The number of nitrogens with one attached hydrogen (secondary N) is 1. The van der Waals surface area contributed by atoms with Gasteiger partial charge in [-0.2, -0.15) is 0 Å². The number of rotatable bonds is 4. The summed E-state index contributed by atoms with van der Waals surface area (Å²) in [5.41, 5.74) is 5.77. The summed E-state index contributed by atoms with van der Waals surface area (Å²) >= 11 is 0. The number of carbonyl (C=O) groups is 1. The molecule has 0 aliphatic heterocycles. The van der Waals surface area contributed by atoms with Crippen LogP contribution in [0.3, 0.4) is 0 Å². The third-order valence-corrected chi connectivity index (χ3v) is 4.02. The van der Waals surface area contributed by atoms with E-state index in [0.29, 0.717) is 5.76 Å². The molecule has 0 atom stereocenters. The van der Waals surface area contributed by atoms with Crippen molar-refractivity contribution in [2.75, 3.05) is 17.6 Å². The molecule has 1 aromatic carbocycles. The number of aromatic nitrogens is 1. The smallest absolute Gasteiger partial charge is 0.337 e. The Bertz CT molecular complexity index is 782. The number of hydrogen-bond acceptors (Lipinski definition) is 7. The second-order valence-electron chi connectivity index (χ2n) is 4.17. The highest BCUT2D eigenvalue weighted by Gasteiger charge is 2.20. The number of nitrogens with zero attached hydrogens (tertiary/aromatic N) is 1. The lowest BCUT2D eigenvalue weighted by molar-refractivity contribution is 0.0600. The summed E-state index contributed by atoms with van der Waals surface area (Å²) in [6, 6.07) is 5.19. The van der Waals surface area contributed by atoms with Crippen molar-refractivity contribution in [2.24, 2.45) is 0 Å². The normalized spacial score (nSPS) is 11.1. The van der Waals surface area contributed by atoms with Crippen molar-refractivity contribution in [3.63, 3.8) is 0 Å². The lowest BCUT2D eigenvalue weighted by Gasteiger charge is -2.09. The monoisotopic (exact) mass is 311 g/mol. The predicted molar refractivity (Wildman–Crippen MR) is 74.2 cm³/mol. The van der Waals surface area contributed by atoms with Gasteiger partial charge in [0, 0.05) is 6.07 Å². The minimum absolute atomic E-state index is 0.0453. The molecule has 3 N–H and O–H groups in total. The Labute approximate surface area is 120 Å². The van der Waals surface area contributed by atoms with Gasteiger partial charge in [-0.1, -0.05) is 5.16 Å². The molecule has 0 unspecified atom stereocenters. The number of hydrogen-bond donors (Lipinski definition) is 2. The van der Waals surface area contributed by atoms with Crippen molar-refractivity contribution >= 4 is 27.5 Å². The zero-order chi connectivity index (χ0) is 15.6. The van der Waals surface area contributed by atoms with Gasteiger partial charge in [0.05, 0.1) is 18.4 Å². The van der Waals surface area contributed by atoms with Gasteiger partial charge in [-0.25, -0.2) is 13.2 Å². The Balaban J connectivity index is 2.34. The first-order valence-electron chi connectivity index (χ1n) is 5.77. The van der Waals surface area contributed by atoms with E-state index in [4.69, 9.17) is 10.3 Å². The van der Waals surface area contributed by atoms with Crippen LogP contribution in [-0.2, 0) is 14.8 Å². The summed E-state index contributed by atoms with van der Waals surface area (Å²) in [6.07, 6.45) is 0. The molecule has 21 heavy (non-hydrogen) atoms. The molecule has 0 aliphatic carbocycles. The van der Waals surface area contributed by atoms with Gasteiger partial charge in [-0.3, -0.25) is 4.72 Å². The van der Waals surface area contributed by atoms with E-state index in [1.54, 1.807) is 6.92 Å². The van der Waals surface area contributed by atoms with E-state index in [1.807, 2.05) is 0 Å². The molecule has 2 aromatic rings. The van der Waals surface area contributed by atoms with Crippen molar-refractivity contribution in [1.82, 2.24) is 5.16 Å². The average molecular weight is 311 g/mol. The summed E-state index contributed by atoms with van der Waals surface area (Å²) in [5.74, 6) is -0.101. The number of esters is 1. The van der Waals surface area contributed by atoms with E-state index in [9.17, 15) is 13.2 Å². The van der Waals surface area contributed by atoms with Crippen molar-refractivity contribution in [3.05, 3.63) is 35.6 Å². The molecule has 9 heteroatoms. The maximum atomic E-state index is 12.2. The Kier molecular flexibility index (Phi) is 3.85. The molecular weight excluding hydrogens is 298 g/mol. The third kappa shape index (κ3) is 3.14. The van der Waals surface area contributed by atoms with Crippen LogP contribution in [-0.4, -0.2) is 26.7 Å². The summed E-state index contributed by atoms with van der Waals surface area (Å²) in [7, 11) is -2.71. The fourth-order valence-corrected chi connectivity index (χ4v) is 2.74. The number of methoxy groups -OCH3 is 1. The summed E-state index contributed by atoms with van der Waals surface area (Å²) in [6.45, 7) is 1.63. The molecule has 0 fully saturated rings. The molecule has 0 saturated heterocycles. The molecule has 112 valence electrons. The summed E-state index contributed by atoms with van der Waals surface area (Å²) < 4.78 is 35.9. The number of anilines is 2.